The molecule has 0 atom stereocenters. The Kier molecular flexibility index (Phi) is 11.8. The Morgan fingerprint density at radius 3 is 1.52 bits per heavy atom. The van der Waals surface area contributed by atoms with Crippen LogP contribution < -0.4 is 20.9 Å². The molecule has 1 fully saturated rings. The van der Waals surface area contributed by atoms with Gasteiger partial charge in [-0.15, -0.1) is 0 Å². The van der Waals surface area contributed by atoms with Crippen molar-refractivity contribution in [3.63, 3.8) is 0 Å². The monoisotopic (exact) mass is 662 g/mol. The summed E-state index contributed by atoms with van der Waals surface area (Å²) in [4.78, 5) is 22.7. The number of benzene rings is 4. The van der Waals surface area contributed by atoms with E-state index in [1.807, 2.05) is 36.4 Å². The van der Waals surface area contributed by atoms with E-state index in [1.165, 1.54) is 18.6 Å². The smallest absolute Gasteiger partial charge is 0.238 e. The summed E-state index contributed by atoms with van der Waals surface area (Å²) in [5, 5.41) is 16.1. The third-order valence-electron chi connectivity index (χ3n) is 7.75. The first-order valence-electron chi connectivity index (χ1n) is 14.8. The zero-order valence-electron chi connectivity index (χ0n) is 25.3. The fourth-order valence-corrected chi connectivity index (χ4v) is 6.89. The van der Waals surface area contributed by atoms with E-state index < -0.39 is 20.0 Å². The van der Waals surface area contributed by atoms with E-state index in [1.54, 1.807) is 48.5 Å². The van der Waals surface area contributed by atoms with Crippen LogP contribution >= 0.6 is 0 Å². The Labute approximate surface area is 270 Å². The molecule has 0 spiro atoms. The van der Waals surface area contributed by atoms with Gasteiger partial charge < -0.3 is 10.6 Å². The molecule has 12 heteroatoms. The van der Waals surface area contributed by atoms with Crippen LogP contribution in [-0.4, -0.2) is 29.2 Å². The van der Waals surface area contributed by atoms with E-state index >= 15 is 0 Å². The Morgan fingerprint density at radius 1 is 0.652 bits per heavy atom. The second-order valence-corrected chi connectivity index (χ2v) is 14.1. The van der Waals surface area contributed by atoms with Crippen LogP contribution in [0, 0.1) is 5.92 Å². The number of primary sulfonamides is 2. The summed E-state index contributed by atoms with van der Waals surface area (Å²) in [6.07, 6.45) is 6.09. The third kappa shape index (κ3) is 9.57. The Bertz CT molecular complexity index is 1850. The molecule has 4 aromatic rings. The summed E-state index contributed by atoms with van der Waals surface area (Å²) < 4.78 is 46.6. The van der Waals surface area contributed by atoms with Gasteiger partial charge >= 0.3 is 0 Å². The molecule has 6 N–H and O–H groups in total. The molecule has 0 heterocycles. The van der Waals surface area contributed by atoms with E-state index in [4.69, 9.17) is 10.3 Å². The van der Waals surface area contributed by atoms with Crippen molar-refractivity contribution in [1.29, 1.82) is 0 Å². The first kappa shape index (κ1) is 34.5. The van der Waals surface area contributed by atoms with Crippen molar-refractivity contribution in [1.82, 2.24) is 10.6 Å². The molecule has 46 heavy (non-hydrogen) atoms. The van der Waals surface area contributed by atoms with Crippen molar-refractivity contribution >= 4 is 32.4 Å². The highest BCUT2D eigenvalue weighted by molar-refractivity contribution is 7.89. The first-order valence-corrected chi connectivity index (χ1v) is 17.9. The van der Waals surface area contributed by atoms with Gasteiger partial charge in [-0.25, -0.2) is 27.1 Å². The van der Waals surface area contributed by atoms with Gasteiger partial charge in [0.1, 0.15) is 0 Å². The maximum Gasteiger partial charge on any atom is 0.238 e. The molecule has 1 aliphatic rings. The molecule has 0 bridgehead atoms. The average molecular weight is 663 g/mol. The van der Waals surface area contributed by atoms with Crippen LogP contribution in [0.25, 0.3) is 22.3 Å². The van der Waals surface area contributed by atoms with Crippen molar-refractivity contribution in [2.24, 2.45) is 16.2 Å². The van der Waals surface area contributed by atoms with E-state index in [0.717, 1.165) is 47.9 Å². The molecule has 242 valence electrons. The predicted molar refractivity (Wildman–Crippen MR) is 178 cm³/mol. The van der Waals surface area contributed by atoms with Gasteiger partial charge in [-0.1, -0.05) is 104 Å². The molecule has 0 unspecified atom stereocenters. The van der Waals surface area contributed by atoms with Crippen molar-refractivity contribution in [3.8, 4) is 22.3 Å². The SMILES string of the molecule is NS(=O)(=O)c1ccccc1-c1ccc(CNC(=O)C2CCCCC2)cc1.NS(=O)(=O)c1ccccc1-c1ccc(CNC=O)cc1. The van der Waals surface area contributed by atoms with Crippen molar-refractivity contribution in [2.75, 3.05) is 0 Å². The Hall–Kier alpha value is -4.36. The van der Waals surface area contributed by atoms with Gasteiger partial charge in [-0.2, -0.15) is 0 Å². The zero-order chi connectivity index (χ0) is 33.2. The molecule has 2 amide bonds. The average Bonchev–Trinajstić information content (AvgIpc) is 3.06. The van der Waals surface area contributed by atoms with Gasteiger partial charge in [-0.3, -0.25) is 9.59 Å². The van der Waals surface area contributed by atoms with E-state index in [9.17, 15) is 26.4 Å². The van der Waals surface area contributed by atoms with Crippen LogP contribution in [-0.2, 0) is 42.7 Å². The molecular formula is C34H38N4O6S2. The van der Waals surface area contributed by atoms with Crippen LogP contribution in [0.15, 0.2) is 107 Å². The van der Waals surface area contributed by atoms with Gasteiger partial charge in [-0.05, 0) is 47.2 Å². The summed E-state index contributed by atoms with van der Waals surface area (Å²) in [7, 11) is -7.55. The van der Waals surface area contributed by atoms with Crippen LogP contribution in [0.3, 0.4) is 0 Å². The molecule has 4 aromatic carbocycles. The Morgan fingerprint density at radius 2 is 1.09 bits per heavy atom. The van der Waals surface area contributed by atoms with Gasteiger partial charge in [0, 0.05) is 30.1 Å². The zero-order valence-corrected chi connectivity index (χ0v) is 26.9. The number of carbonyl (C=O) groups excluding carboxylic acids is 2. The summed E-state index contributed by atoms with van der Waals surface area (Å²) >= 11 is 0. The number of rotatable bonds is 10. The predicted octanol–water partition coefficient (Wildman–Crippen LogP) is 4.44. The highest BCUT2D eigenvalue weighted by Crippen LogP contribution is 2.28. The fraction of sp³-hybridized carbons (Fsp3) is 0.235. The van der Waals surface area contributed by atoms with Crippen molar-refractivity contribution in [2.45, 2.75) is 55.0 Å². The van der Waals surface area contributed by atoms with E-state index in [0.29, 0.717) is 30.6 Å². The third-order valence-corrected chi connectivity index (χ3v) is 9.69. The summed E-state index contributed by atoms with van der Waals surface area (Å²) in [5.74, 6) is 0.276. The highest BCUT2D eigenvalue weighted by Gasteiger charge is 2.21. The maximum absolute atomic E-state index is 12.2. The minimum Gasteiger partial charge on any atom is -0.355 e. The van der Waals surface area contributed by atoms with Crippen molar-refractivity contribution in [3.05, 3.63) is 108 Å². The molecule has 0 aliphatic heterocycles. The molecule has 5 rings (SSSR count). The standard InChI is InChI=1S/C20H24N2O3S.C14H14N2O3S/c21-26(24,25)19-9-5-4-8-18(19)16-12-10-15(11-13-16)14-22-20(23)17-6-2-1-3-7-17;15-20(18,19)14-4-2-1-3-13(14)12-7-5-11(6-8-12)9-16-10-17/h4-5,8-13,17H,1-3,6-7,14H2,(H,22,23)(H2,21,24,25);1-8,10H,9H2,(H,16,17)(H2,15,18,19). The Balaban J connectivity index is 0.000000216. The van der Waals surface area contributed by atoms with Crippen LogP contribution in [0.1, 0.15) is 43.2 Å². The molecule has 10 nitrogen and oxygen atoms in total. The number of hydrogen-bond donors (Lipinski definition) is 4. The normalized spacial score (nSPS) is 13.6. The lowest BCUT2D eigenvalue weighted by Gasteiger charge is -2.20. The number of hydrogen-bond acceptors (Lipinski definition) is 6. The lowest BCUT2D eigenvalue weighted by atomic mass is 9.88. The van der Waals surface area contributed by atoms with Crippen LogP contribution in [0.5, 0.6) is 0 Å². The summed E-state index contributed by atoms with van der Waals surface area (Å²) in [5.41, 5.74) is 4.57. The molecular weight excluding hydrogens is 625 g/mol. The molecule has 1 saturated carbocycles. The summed E-state index contributed by atoms with van der Waals surface area (Å²) in [6.45, 7) is 0.910. The number of nitrogens with one attached hydrogen (secondary N) is 2. The minimum atomic E-state index is -3.78. The van der Waals surface area contributed by atoms with Gasteiger partial charge in [0.25, 0.3) is 0 Å². The maximum atomic E-state index is 12.2. The van der Waals surface area contributed by atoms with Gasteiger partial charge in [0.15, 0.2) is 0 Å². The lowest BCUT2D eigenvalue weighted by Crippen LogP contribution is -2.31. The number of sulfonamides is 2. The topological polar surface area (TPSA) is 179 Å². The van der Waals surface area contributed by atoms with Gasteiger partial charge in [0.05, 0.1) is 9.79 Å². The second-order valence-electron chi connectivity index (χ2n) is 11.0. The van der Waals surface area contributed by atoms with Crippen LogP contribution in [0.2, 0.25) is 0 Å². The van der Waals surface area contributed by atoms with Crippen LogP contribution in [0.4, 0.5) is 0 Å². The molecule has 0 saturated heterocycles. The molecule has 0 radical (unpaired) electrons. The largest absolute Gasteiger partial charge is 0.355 e. The quantitative estimate of drug-likeness (QED) is 0.182. The van der Waals surface area contributed by atoms with E-state index in [2.05, 4.69) is 10.6 Å². The number of amides is 2. The van der Waals surface area contributed by atoms with Gasteiger partial charge in [0.2, 0.25) is 32.4 Å². The minimum absolute atomic E-state index is 0.0961. The number of carbonyl (C=O) groups is 2. The van der Waals surface area contributed by atoms with Crippen molar-refractivity contribution < 1.29 is 26.4 Å². The molecule has 0 aromatic heterocycles. The fourth-order valence-electron chi connectivity index (χ4n) is 5.37. The highest BCUT2D eigenvalue weighted by atomic mass is 32.2. The molecule has 1 aliphatic carbocycles. The second kappa shape index (κ2) is 15.8. The first-order chi connectivity index (χ1) is 22.0. The number of nitrogens with two attached hydrogens (primary N) is 2. The van der Waals surface area contributed by atoms with E-state index in [-0.39, 0.29) is 21.6 Å². The lowest BCUT2D eigenvalue weighted by molar-refractivity contribution is -0.126. The summed E-state index contributed by atoms with van der Waals surface area (Å²) in [6, 6.07) is 28.0.